The number of hydrogen-bond donors (Lipinski definition) is 2. The summed E-state index contributed by atoms with van der Waals surface area (Å²) in [4.78, 5) is 21.5. The molecular formula is C17H26FN5O2. The van der Waals surface area contributed by atoms with Crippen molar-refractivity contribution in [3.8, 4) is 0 Å². The number of nitrogens with zero attached hydrogens (tertiary/aromatic N) is 3. The number of pyridine rings is 1. The van der Waals surface area contributed by atoms with Gasteiger partial charge in [0.05, 0.1) is 6.61 Å². The molecule has 2 heterocycles. The molecule has 2 N–H and O–H groups in total. The zero-order valence-electron chi connectivity index (χ0n) is 14.8. The van der Waals surface area contributed by atoms with Gasteiger partial charge in [-0.3, -0.25) is 9.79 Å². The summed E-state index contributed by atoms with van der Waals surface area (Å²) in [5.74, 6) is 0.585. The lowest BCUT2D eigenvalue weighted by atomic mass is 10.2. The van der Waals surface area contributed by atoms with Gasteiger partial charge in [-0.15, -0.1) is 0 Å². The summed E-state index contributed by atoms with van der Waals surface area (Å²) in [6, 6.07) is 3.18. The Hall–Kier alpha value is -2.38. The summed E-state index contributed by atoms with van der Waals surface area (Å²) in [5.41, 5.74) is 0. The molecule has 138 valence electrons. The van der Waals surface area contributed by atoms with Gasteiger partial charge in [-0.05, 0) is 31.9 Å². The van der Waals surface area contributed by atoms with Crippen molar-refractivity contribution >= 4 is 17.7 Å². The van der Waals surface area contributed by atoms with E-state index in [-0.39, 0.29) is 17.8 Å². The minimum atomic E-state index is -0.301. The number of carbonyl (C=O) groups is 1. The number of guanidine groups is 1. The highest BCUT2D eigenvalue weighted by molar-refractivity contribution is 5.80. The van der Waals surface area contributed by atoms with Crippen LogP contribution in [0.15, 0.2) is 23.3 Å². The van der Waals surface area contributed by atoms with Gasteiger partial charge in [0.15, 0.2) is 17.6 Å². The van der Waals surface area contributed by atoms with Crippen molar-refractivity contribution in [3.05, 3.63) is 24.1 Å². The number of rotatable bonds is 7. The Morgan fingerprint density at radius 3 is 3.12 bits per heavy atom. The first-order valence-electron chi connectivity index (χ1n) is 8.62. The molecule has 2 rings (SSSR count). The molecule has 8 heteroatoms. The molecule has 0 aliphatic carbocycles. The minimum absolute atomic E-state index is 0.165. The van der Waals surface area contributed by atoms with E-state index in [4.69, 9.17) is 4.74 Å². The summed E-state index contributed by atoms with van der Waals surface area (Å²) in [7, 11) is 1.70. The van der Waals surface area contributed by atoms with Gasteiger partial charge in [0.1, 0.15) is 0 Å². The molecule has 7 nitrogen and oxygen atoms in total. The Morgan fingerprint density at radius 2 is 2.40 bits per heavy atom. The maximum atomic E-state index is 13.8. The van der Waals surface area contributed by atoms with Crippen LogP contribution in [0.3, 0.4) is 0 Å². The molecule has 1 unspecified atom stereocenters. The third-order valence-electron chi connectivity index (χ3n) is 3.95. The van der Waals surface area contributed by atoms with Gasteiger partial charge in [-0.2, -0.15) is 0 Å². The monoisotopic (exact) mass is 351 g/mol. The molecule has 1 saturated heterocycles. The second-order valence-electron chi connectivity index (χ2n) is 5.79. The highest BCUT2D eigenvalue weighted by Gasteiger charge is 2.25. The van der Waals surface area contributed by atoms with Crippen LogP contribution in [-0.4, -0.2) is 56.2 Å². The standard InChI is InChI=1S/C17H26FN5O2/c1-3-25-15(24)7-5-10-21-17(19-2)22-13-8-11-23(12-13)16-14(18)6-4-9-20-16/h4,6,9,13H,3,5,7-8,10-12H2,1-2H3,(H2,19,21,22). The number of esters is 1. The lowest BCUT2D eigenvalue weighted by Crippen LogP contribution is -2.45. The Kier molecular flexibility index (Phi) is 7.43. The van der Waals surface area contributed by atoms with Gasteiger partial charge in [0, 0.05) is 45.3 Å². The SMILES string of the molecule is CCOC(=O)CCCNC(=NC)NC1CCN(c2ncccc2F)C1. The molecule has 1 fully saturated rings. The Morgan fingerprint density at radius 1 is 1.56 bits per heavy atom. The number of ether oxygens (including phenoxy) is 1. The van der Waals surface area contributed by atoms with Crippen LogP contribution in [0.25, 0.3) is 0 Å². The first kappa shape index (κ1) is 19.0. The van der Waals surface area contributed by atoms with E-state index < -0.39 is 0 Å². The molecule has 0 spiro atoms. The number of aliphatic imine (C=N–C) groups is 1. The molecule has 0 bridgehead atoms. The molecule has 0 saturated carbocycles. The smallest absolute Gasteiger partial charge is 0.305 e. The van der Waals surface area contributed by atoms with E-state index in [0.717, 1.165) is 13.0 Å². The number of anilines is 1. The third kappa shape index (κ3) is 5.88. The van der Waals surface area contributed by atoms with Gasteiger partial charge in [-0.1, -0.05) is 0 Å². The molecule has 1 aromatic heterocycles. The topological polar surface area (TPSA) is 78.8 Å². The summed E-state index contributed by atoms with van der Waals surface area (Å²) < 4.78 is 18.7. The van der Waals surface area contributed by atoms with E-state index in [2.05, 4.69) is 20.6 Å². The molecule has 1 aromatic rings. The van der Waals surface area contributed by atoms with Crippen molar-refractivity contribution in [1.82, 2.24) is 15.6 Å². The summed E-state index contributed by atoms with van der Waals surface area (Å²) in [5, 5.41) is 6.51. The third-order valence-corrected chi connectivity index (χ3v) is 3.95. The molecule has 0 radical (unpaired) electrons. The zero-order valence-corrected chi connectivity index (χ0v) is 14.8. The highest BCUT2D eigenvalue weighted by atomic mass is 19.1. The maximum Gasteiger partial charge on any atom is 0.305 e. The molecule has 0 aromatic carbocycles. The number of aromatic nitrogens is 1. The lowest BCUT2D eigenvalue weighted by Gasteiger charge is -2.19. The number of hydrogen-bond acceptors (Lipinski definition) is 5. The van der Waals surface area contributed by atoms with Gasteiger partial charge < -0.3 is 20.3 Å². The fourth-order valence-corrected chi connectivity index (χ4v) is 2.74. The molecular weight excluding hydrogens is 325 g/mol. The van der Waals surface area contributed by atoms with E-state index in [9.17, 15) is 9.18 Å². The van der Waals surface area contributed by atoms with Gasteiger partial charge in [-0.25, -0.2) is 9.37 Å². The molecule has 1 atom stereocenters. The fraction of sp³-hybridized carbons (Fsp3) is 0.588. The minimum Gasteiger partial charge on any atom is -0.466 e. The predicted molar refractivity (Wildman–Crippen MR) is 95.2 cm³/mol. The van der Waals surface area contributed by atoms with E-state index in [1.54, 1.807) is 26.2 Å². The summed E-state index contributed by atoms with van der Waals surface area (Å²) in [6.45, 7) is 4.24. The molecule has 0 amide bonds. The average molecular weight is 351 g/mol. The summed E-state index contributed by atoms with van der Waals surface area (Å²) >= 11 is 0. The van der Waals surface area contributed by atoms with E-state index >= 15 is 0 Å². The largest absolute Gasteiger partial charge is 0.466 e. The number of nitrogens with one attached hydrogen (secondary N) is 2. The van der Waals surface area contributed by atoms with Crippen molar-refractivity contribution in [2.24, 2.45) is 4.99 Å². The van der Waals surface area contributed by atoms with Gasteiger partial charge in [0.25, 0.3) is 0 Å². The van der Waals surface area contributed by atoms with Crippen LogP contribution in [0, 0.1) is 5.82 Å². The van der Waals surface area contributed by atoms with Crippen LogP contribution in [-0.2, 0) is 9.53 Å². The van der Waals surface area contributed by atoms with Crippen LogP contribution in [0.4, 0.5) is 10.2 Å². The predicted octanol–water partition coefficient (Wildman–Crippen LogP) is 1.31. The van der Waals surface area contributed by atoms with Crippen LogP contribution >= 0.6 is 0 Å². The van der Waals surface area contributed by atoms with Crippen molar-refractivity contribution in [1.29, 1.82) is 0 Å². The fourth-order valence-electron chi connectivity index (χ4n) is 2.74. The molecule has 25 heavy (non-hydrogen) atoms. The molecule has 1 aliphatic heterocycles. The quantitative estimate of drug-likeness (QED) is 0.334. The van der Waals surface area contributed by atoms with Crippen LogP contribution < -0.4 is 15.5 Å². The Bertz CT molecular complexity index is 596. The summed E-state index contributed by atoms with van der Waals surface area (Å²) in [6.07, 6.45) is 3.53. The van der Waals surface area contributed by atoms with Crippen LogP contribution in [0.2, 0.25) is 0 Å². The van der Waals surface area contributed by atoms with E-state index in [1.165, 1.54) is 6.07 Å². The van der Waals surface area contributed by atoms with Crippen LogP contribution in [0.5, 0.6) is 0 Å². The van der Waals surface area contributed by atoms with Crippen molar-refractivity contribution in [2.75, 3.05) is 38.2 Å². The van der Waals surface area contributed by atoms with Gasteiger partial charge >= 0.3 is 5.97 Å². The maximum absolute atomic E-state index is 13.8. The second kappa shape index (κ2) is 9.80. The molecule has 1 aliphatic rings. The van der Waals surface area contributed by atoms with E-state index in [0.29, 0.717) is 44.3 Å². The van der Waals surface area contributed by atoms with Crippen molar-refractivity contribution in [2.45, 2.75) is 32.2 Å². The van der Waals surface area contributed by atoms with Gasteiger partial charge in [0.2, 0.25) is 0 Å². The van der Waals surface area contributed by atoms with E-state index in [1.807, 2.05) is 4.90 Å². The number of carbonyl (C=O) groups excluding carboxylic acids is 1. The first-order valence-corrected chi connectivity index (χ1v) is 8.62. The first-order chi connectivity index (χ1) is 12.1. The zero-order chi connectivity index (χ0) is 18.1. The van der Waals surface area contributed by atoms with Crippen molar-refractivity contribution < 1.29 is 13.9 Å². The lowest BCUT2D eigenvalue weighted by molar-refractivity contribution is -0.143. The Labute approximate surface area is 147 Å². The Balaban J connectivity index is 1.73. The highest BCUT2D eigenvalue weighted by Crippen LogP contribution is 2.20. The number of halogens is 1. The second-order valence-corrected chi connectivity index (χ2v) is 5.79. The normalized spacial score (nSPS) is 17.5. The van der Waals surface area contributed by atoms with Crippen molar-refractivity contribution in [3.63, 3.8) is 0 Å². The van der Waals surface area contributed by atoms with Crippen LogP contribution in [0.1, 0.15) is 26.2 Å². The average Bonchev–Trinajstić information content (AvgIpc) is 3.06.